The lowest BCUT2D eigenvalue weighted by molar-refractivity contribution is 0.0604. The van der Waals surface area contributed by atoms with Crippen LogP contribution in [0.25, 0.3) is 0 Å². The zero-order chi connectivity index (χ0) is 8.77. The Bertz CT molecular complexity index is 168. The van der Waals surface area contributed by atoms with Gasteiger partial charge in [0.2, 0.25) is 0 Å². The van der Waals surface area contributed by atoms with Crippen molar-refractivity contribution in [3.63, 3.8) is 0 Å². The lowest BCUT2D eigenvalue weighted by Crippen LogP contribution is -2.50. The van der Waals surface area contributed by atoms with E-state index in [9.17, 15) is 0 Å². The molecule has 1 saturated heterocycles. The van der Waals surface area contributed by atoms with E-state index in [-0.39, 0.29) is 0 Å². The highest BCUT2D eigenvalue weighted by Gasteiger charge is 2.37. The van der Waals surface area contributed by atoms with Gasteiger partial charge in [0.25, 0.3) is 0 Å². The molecule has 12 heavy (non-hydrogen) atoms. The average molecular weight is 167 g/mol. The van der Waals surface area contributed by atoms with Crippen molar-refractivity contribution in [2.75, 3.05) is 13.1 Å². The van der Waals surface area contributed by atoms with Gasteiger partial charge in [-0.3, -0.25) is 4.90 Å². The molecule has 1 aliphatic carbocycles. The fraction of sp³-hybridized carbons (Fsp3) is 1.00. The van der Waals surface area contributed by atoms with Gasteiger partial charge in [0.05, 0.1) is 0 Å². The Labute approximate surface area is 76.1 Å². The third-order valence-corrected chi connectivity index (χ3v) is 3.55. The molecule has 2 fully saturated rings. The zero-order valence-electron chi connectivity index (χ0n) is 8.64. The van der Waals surface area contributed by atoms with Crippen molar-refractivity contribution in [3.8, 4) is 0 Å². The van der Waals surface area contributed by atoms with Gasteiger partial charge in [0.1, 0.15) is 0 Å². The molecule has 0 spiro atoms. The van der Waals surface area contributed by atoms with E-state index >= 15 is 0 Å². The lowest BCUT2D eigenvalue weighted by atomic mass is 9.91. The lowest BCUT2D eigenvalue weighted by Gasteiger charge is -2.42. The van der Waals surface area contributed by atoms with E-state index in [1.165, 1.54) is 32.4 Å². The van der Waals surface area contributed by atoms with E-state index in [0.717, 1.165) is 12.0 Å². The van der Waals surface area contributed by atoms with E-state index in [4.69, 9.17) is 0 Å². The summed E-state index contributed by atoms with van der Waals surface area (Å²) >= 11 is 0. The molecule has 0 N–H and O–H groups in total. The maximum atomic E-state index is 2.68. The Morgan fingerprint density at radius 1 is 1.25 bits per heavy atom. The summed E-state index contributed by atoms with van der Waals surface area (Å²) in [5.74, 6) is 0.966. The minimum Gasteiger partial charge on any atom is -0.300 e. The SMILES string of the molecule is CC1CN(C2CCC(C)(C)C2)C1. The van der Waals surface area contributed by atoms with Gasteiger partial charge in [-0.15, -0.1) is 0 Å². The summed E-state index contributed by atoms with van der Waals surface area (Å²) in [6.07, 6.45) is 4.31. The summed E-state index contributed by atoms with van der Waals surface area (Å²) in [5.41, 5.74) is 0.628. The highest BCUT2D eigenvalue weighted by Crippen LogP contribution is 2.41. The molecule has 0 radical (unpaired) electrons. The van der Waals surface area contributed by atoms with Gasteiger partial charge >= 0.3 is 0 Å². The third-order valence-electron chi connectivity index (χ3n) is 3.55. The molecular weight excluding hydrogens is 146 g/mol. The molecule has 0 aromatic rings. The fourth-order valence-corrected chi connectivity index (χ4v) is 2.76. The number of hydrogen-bond donors (Lipinski definition) is 0. The van der Waals surface area contributed by atoms with Crippen LogP contribution in [0.2, 0.25) is 0 Å². The van der Waals surface area contributed by atoms with Crippen LogP contribution in [0.3, 0.4) is 0 Å². The fourth-order valence-electron chi connectivity index (χ4n) is 2.76. The highest BCUT2D eigenvalue weighted by molar-refractivity contribution is 4.92. The van der Waals surface area contributed by atoms with Gasteiger partial charge in [-0.05, 0) is 30.6 Å². The molecule has 1 atom stereocenters. The van der Waals surface area contributed by atoms with Crippen LogP contribution < -0.4 is 0 Å². The molecule has 1 unspecified atom stereocenters. The largest absolute Gasteiger partial charge is 0.300 e. The second kappa shape index (κ2) is 2.73. The third kappa shape index (κ3) is 1.52. The van der Waals surface area contributed by atoms with Crippen LogP contribution in [-0.4, -0.2) is 24.0 Å². The molecule has 2 aliphatic rings. The van der Waals surface area contributed by atoms with Crippen molar-refractivity contribution in [1.29, 1.82) is 0 Å². The molecule has 1 aliphatic heterocycles. The molecule has 0 amide bonds. The Hall–Kier alpha value is -0.0400. The quantitative estimate of drug-likeness (QED) is 0.580. The van der Waals surface area contributed by atoms with Gasteiger partial charge in [0, 0.05) is 19.1 Å². The van der Waals surface area contributed by atoms with Crippen LogP contribution in [0.1, 0.15) is 40.0 Å². The maximum Gasteiger partial charge on any atom is 0.0101 e. The summed E-state index contributed by atoms with van der Waals surface area (Å²) in [4.78, 5) is 2.68. The van der Waals surface area contributed by atoms with Crippen molar-refractivity contribution in [2.45, 2.75) is 46.1 Å². The summed E-state index contributed by atoms with van der Waals surface area (Å²) < 4.78 is 0. The van der Waals surface area contributed by atoms with Gasteiger partial charge in [0.15, 0.2) is 0 Å². The zero-order valence-corrected chi connectivity index (χ0v) is 8.64. The monoisotopic (exact) mass is 167 g/mol. The number of likely N-dealkylation sites (tertiary alicyclic amines) is 1. The predicted octanol–water partition coefficient (Wildman–Crippen LogP) is 2.52. The van der Waals surface area contributed by atoms with Crippen LogP contribution in [0, 0.1) is 11.3 Å². The second-order valence-corrected chi connectivity index (χ2v) is 5.62. The first kappa shape index (κ1) is 8.55. The number of nitrogens with zero attached hydrogens (tertiary/aromatic N) is 1. The Morgan fingerprint density at radius 2 is 1.92 bits per heavy atom. The van der Waals surface area contributed by atoms with Crippen LogP contribution in [0.15, 0.2) is 0 Å². The summed E-state index contributed by atoms with van der Waals surface area (Å²) in [7, 11) is 0. The molecule has 1 saturated carbocycles. The Morgan fingerprint density at radius 3 is 2.33 bits per heavy atom. The molecule has 1 nitrogen and oxygen atoms in total. The minimum absolute atomic E-state index is 0.628. The van der Waals surface area contributed by atoms with Crippen molar-refractivity contribution < 1.29 is 0 Å². The highest BCUT2D eigenvalue weighted by atomic mass is 15.2. The first-order valence-corrected chi connectivity index (χ1v) is 5.31. The smallest absolute Gasteiger partial charge is 0.0101 e. The summed E-state index contributed by atoms with van der Waals surface area (Å²) in [6.45, 7) is 9.91. The molecule has 70 valence electrons. The molecule has 0 aromatic heterocycles. The molecular formula is C11H21N. The molecule has 2 rings (SSSR count). The maximum absolute atomic E-state index is 2.68. The molecule has 0 bridgehead atoms. The van der Waals surface area contributed by atoms with E-state index in [2.05, 4.69) is 25.7 Å². The molecule has 1 heterocycles. The normalized spacial score (nSPS) is 36.8. The number of hydrogen-bond acceptors (Lipinski definition) is 1. The van der Waals surface area contributed by atoms with E-state index < -0.39 is 0 Å². The van der Waals surface area contributed by atoms with Crippen molar-refractivity contribution in [2.24, 2.45) is 11.3 Å². The minimum atomic E-state index is 0.628. The van der Waals surface area contributed by atoms with Crippen LogP contribution in [0.5, 0.6) is 0 Å². The summed E-state index contributed by atoms with van der Waals surface area (Å²) in [6, 6.07) is 0.927. The van der Waals surface area contributed by atoms with Crippen LogP contribution >= 0.6 is 0 Å². The molecule has 1 heteroatoms. The Kier molecular flexibility index (Phi) is 1.95. The van der Waals surface area contributed by atoms with Crippen LogP contribution in [0.4, 0.5) is 0 Å². The number of rotatable bonds is 1. The van der Waals surface area contributed by atoms with E-state index in [1.807, 2.05) is 0 Å². The predicted molar refractivity (Wildman–Crippen MR) is 52.2 cm³/mol. The van der Waals surface area contributed by atoms with Crippen molar-refractivity contribution in [1.82, 2.24) is 4.90 Å². The first-order valence-electron chi connectivity index (χ1n) is 5.31. The van der Waals surface area contributed by atoms with Crippen molar-refractivity contribution in [3.05, 3.63) is 0 Å². The second-order valence-electron chi connectivity index (χ2n) is 5.62. The van der Waals surface area contributed by atoms with Gasteiger partial charge in [-0.1, -0.05) is 20.8 Å². The average Bonchev–Trinajstić information content (AvgIpc) is 2.23. The molecule has 0 aromatic carbocycles. The Balaban J connectivity index is 1.84. The standard InChI is InChI=1S/C11H21N/c1-9-7-12(8-9)10-4-5-11(2,3)6-10/h9-10H,4-8H2,1-3H3. The topological polar surface area (TPSA) is 3.24 Å². The van der Waals surface area contributed by atoms with Crippen LogP contribution in [-0.2, 0) is 0 Å². The van der Waals surface area contributed by atoms with Gasteiger partial charge in [-0.2, -0.15) is 0 Å². The van der Waals surface area contributed by atoms with Crippen molar-refractivity contribution >= 4 is 0 Å². The summed E-state index contributed by atoms with van der Waals surface area (Å²) in [5, 5.41) is 0. The van der Waals surface area contributed by atoms with Gasteiger partial charge < -0.3 is 0 Å². The van der Waals surface area contributed by atoms with Gasteiger partial charge in [-0.25, -0.2) is 0 Å². The first-order chi connectivity index (χ1) is 5.57. The van der Waals surface area contributed by atoms with E-state index in [0.29, 0.717) is 5.41 Å². The van der Waals surface area contributed by atoms with E-state index in [1.54, 1.807) is 0 Å².